The van der Waals surface area contributed by atoms with Crippen molar-refractivity contribution >= 4 is 40.9 Å². The first-order chi connectivity index (χ1) is 17.1. The number of methoxy groups -OCH3 is 1. The molecule has 0 spiro atoms. The molecule has 36 heavy (non-hydrogen) atoms. The van der Waals surface area contributed by atoms with Crippen LogP contribution in [0.1, 0.15) is 37.2 Å². The summed E-state index contributed by atoms with van der Waals surface area (Å²) in [7, 11) is 1.59. The van der Waals surface area contributed by atoms with Gasteiger partial charge in [-0.05, 0) is 75.2 Å². The molecule has 0 saturated heterocycles. The minimum Gasteiger partial charge on any atom is -0.497 e. The molecule has 0 unspecified atom stereocenters. The van der Waals surface area contributed by atoms with Crippen LogP contribution in [0.2, 0.25) is 5.02 Å². The Morgan fingerprint density at radius 2 is 1.67 bits per heavy atom. The second kappa shape index (κ2) is 12.2. The summed E-state index contributed by atoms with van der Waals surface area (Å²) in [5, 5.41) is 4.10. The molecule has 0 aliphatic carbocycles. The van der Waals surface area contributed by atoms with Crippen LogP contribution in [0.3, 0.4) is 0 Å². The smallest absolute Gasteiger partial charge is 0.250 e. The Labute approximate surface area is 221 Å². The quantitative estimate of drug-likeness (QED) is 0.270. The molecule has 3 aromatic rings. The van der Waals surface area contributed by atoms with Crippen molar-refractivity contribution in [3.63, 3.8) is 0 Å². The average Bonchev–Trinajstić information content (AvgIpc) is 2.86. The third kappa shape index (κ3) is 6.98. The number of aryl methyl sites for hydroxylation is 2. The first-order valence-corrected chi connectivity index (χ1v) is 13.0. The minimum atomic E-state index is -1.11. The molecule has 0 saturated carbocycles. The van der Waals surface area contributed by atoms with Gasteiger partial charge in [-0.25, -0.2) is 9.97 Å². The third-order valence-electron chi connectivity index (χ3n) is 5.96. The number of hydrogen-bond acceptors (Lipinski definition) is 6. The predicted octanol–water partition coefficient (Wildman–Crippen LogP) is 5.68. The number of nitrogens with zero attached hydrogens (tertiary/aromatic N) is 3. The maximum absolute atomic E-state index is 13.6. The van der Waals surface area contributed by atoms with Crippen LogP contribution in [0, 0.1) is 13.8 Å². The van der Waals surface area contributed by atoms with E-state index in [1.807, 2.05) is 39.0 Å². The molecular weight excluding hydrogens is 496 g/mol. The van der Waals surface area contributed by atoms with Crippen molar-refractivity contribution in [3.05, 3.63) is 76.6 Å². The van der Waals surface area contributed by atoms with Gasteiger partial charge in [0.25, 0.3) is 0 Å². The Morgan fingerprint density at radius 3 is 2.22 bits per heavy atom. The number of benzene rings is 2. The number of thioether (sulfide) groups is 1. The largest absolute Gasteiger partial charge is 0.497 e. The Morgan fingerprint density at radius 1 is 1.06 bits per heavy atom. The zero-order chi connectivity index (χ0) is 26.3. The van der Waals surface area contributed by atoms with E-state index in [0.29, 0.717) is 28.0 Å². The van der Waals surface area contributed by atoms with Crippen LogP contribution in [0.25, 0.3) is 0 Å². The molecule has 9 heteroatoms. The summed E-state index contributed by atoms with van der Waals surface area (Å²) >= 11 is 7.33. The number of amides is 2. The molecule has 1 heterocycles. The normalized spacial score (nSPS) is 12.5. The topological polar surface area (TPSA) is 84.4 Å². The first kappa shape index (κ1) is 27.5. The molecular formula is C27H31ClN4O3S. The van der Waals surface area contributed by atoms with Crippen LogP contribution in [-0.4, -0.2) is 45.1 Å². The van der Waals surface area contributed by atoms with Gasteiger partial charge in [-0.2, -0.15) is 0 Å². The van der Waals surface area contributed by atoms with Crippen molar-refractivity contribution in [1.82, 2.24) is 14.9 Å². The molecule has 0 aliphatic rings. The van der Waals surface area contributed by atoms with E-state index in [4.69, 9.17) is 16.3 Å². The van der Waals surface area contributed by atoms with Gasteiger partial charge in [-0.1, -0.05) is 42.4 Å². The highest BCUT2D eigenvalue weighted by Gasteiger charge is 2.40. The zero-order valence-electron chi connectivity index (χ0n) is 21.2. The van der Waals surface area contributed by atoms with E-state index in [9.17, 15) is 9.59 Å². The molecule has 190 valence electrons. The highest BCUT2D eigenvalue weighted by atomic mass is 35.5. The van der Waals surface area contributed by atoms with E-state index in [1.165, 1.54) is 11.8 Å². The van der Waals surface area contributed by atoms with Crippen LogP contribution in [-0.2, 0) is 16.1 Å². The van der Waals surface area contributed by atoms with E-state index >= 15 is 0 Å². The van der Waals surface area contributed by atoms with Crippen molar-refractivity contribution in [1.29, 1.82) is 0 Å². The molecule has 1 N–H and O–H groups in total. The van der Waals surface area contributed by atoms with Crippen molar-refractivity contribution in [2.75, 3.05) is 18.2 Å². The molecule has 1 atom stereocenters. The predicted molar refractivity (Wildman–Crippen MR) is 145 cm³/mol. The Hall–Kier alpha value is -3.10. The van der Waals surface area contributed by atoms with E-state index in [0.717, 1.165) is 17.0 Å². The maximum atomic E-state index is 13.6. The summed E-state index contributed by atoms with van der Waals surface area (Å²) < 4.78 is 5.20. The Kier molecular flexibility index (Phi) is 9.34. The lowest BCUT2D eigenvalue weighted by molar-refractivity contribution is -0.143. The van der Waals surface area contributed by atoms with Crippen molar-refractivity contribution in [2.45, 2.75) is 51.4 Å². The molecule has 0 bridgehead atoms. The van der Waals surface area contributed by atoms with Gasteiger partial charge in [0.2, 0.25) is 11.8 Å². The summed E-state index contributed by atoms with van der Waals surface area (Å²) in [4.78, 5) is 37.7. The molecule has 0 aliphatic heterocycles. The number of halogens is 1. The second-order valence-corrected chi connectivity index (χ2v) is 10.0. The maximum Gasteiger partial charge on any atom is 0.250 e. The number of aromatic nitrogens is 2. The van der Waals surface area contributed by atoms with Crippen molar-refractivity contribution in [2.24, 2.45) is 0 Å². The van der Waals surface area contributed by atoms with Gasteiger partial charge in [0.15, 0.2) is 5.16 Å². The summed E-state index contributed by atoms with van der Waals surface area (Å²) in [5.41, 5.74) is 2.07. The fraction of sp³-hybridized carbons (Fsp3) is 0.333. The number of carbonyl (C=O) groups is 2. The van der Waals surface area contributed by atoms with Crippen LogP contribution in [0.5, 0.6) is 5.75 Å². The number of ether oxygens (including phenoxy) is 1. The molecule has 3 rings (SSSR count). The van der Waals surface area contributed by atoms with Gasteiger partial charge in [-0.3, -0.25) is 9.59 Å². The minimum absolute atomic E-state index is 0.0991. The molecule has 2 aromatic carbocycles. The molecule has 2 amide bonds. The van der Waals surface area contributed by atoms with Gasteiger partial charge < -0.3 is 15.0 Å². The highest BCUT2D eigenvalue weighted by Crippen LogP contribution is 2.28. The lowest BCUT2D eigenvalue weighted by Gasteiger charge is -2.39. The number of rotatable bonds is 10. The highest BCUT2D eigenvalue weighted by molar-refractivity contribution is 7.99. The van der Waals surface area contributed by atoms with Crippen LogP contribution in [0.4, 0.5) is 5.69 Å². The summed E-state index contributed by atoms with van der Waals surface area (Å²) in [6.45, 7) is 7.73. The lowest BCUT2D eigenvalue weighted by atomic mass is 9.93. The summed E-state index contributed by atoms with van der Waals surface area (Å²) in [5.74, 6) is 0.329. The molecule has 7 nitrogen and oxygen atoms in total. The summed E-state index contributed by atoms with van der Waals surface area (Å²) in [6.07, 6.45) is 0.416. The van der Waals surface area contributed by atoms with Crippen molar-refractivity contribution in [3.8, 4) is 5.75 Å². The van der Waals surface area contributed by atoms with Gasteiger partial charge in [0, 0.05) is 28.6 Å². The lowest BCUT2D eigenvalue weighted by Crippen LogP contribution is -2.57. The van der Waals surface area contributed by atoms with Crippen LogP contribution in [0.15, 0.2) is 59.8 Å². The van der Waals surface area contributed by atoms with Crippen molar-refractivity contribution < 1.29 is 14.3 Å². The SMILES string of the molecule is CC[C@](C)(C(=O)Nc1ccc(OC)cc1)N(Cc1ccc(Cl)cc1)C(=O)CSc1nc(C)cc(C)n1. The van der Waals surface area contributed by atoms with E-state index in [-0.39, 0.29) is 24.1 Å². The summed E-state index contributed by atoms with van der Waals surface area (Å²) in [6, 6.07) is 16.2. The first-order valence-electron chi connectivity index (χ1n) is 11.6. The fourth-order valence-electron chi connectivity index (χ4n) is 3.69. The van der Waals surface area contributed by atoms with E-state index in [2.05, 4.69) is 15.3 Å². The number of carbonyl (C=O) groups excluding carboxylic acids is 2. The standard InChI is InChI=1S/C27H31ClN4O3S/c1-6-27(4,25(34)31-22-11-13-23(35-5)14-12-22)32(16-20-7-9-21(28)10-8-20)24(33)17-36-26-29-18(2)15-19(3)30-26/h7-15H,6,16-17H2,1-5H3,(H,31,34)/t27-/m1/s1. The van der Waals surface area contributed by atoms with Crippen LogP contribution < -0.4 is 10.1 Å². The number of nitrogens with one attached hydrogen (secondary N) is 1. The average molecular weight is 527 g/mol. The Balaban J connectivity index is 1.87. The molecule has 0 fully saturated rings. The number of hydrogen-bond donors (Lipinski definition) is 1. The van der Waals surface area contributed by atoms with Gasteiger partial charge in [0.05, 0.1) is 12.9 Å². The van der Waals surface area contributed by atoms with E-state index < -0.39 is 5.54 Å². The second-order valence-electron chi connectivity index (χ2n) is 8.64. The number of anilines is 1. The Bertz CT molecular complexity index is 1180. The monoisotopic (exact) mass is 526 g/mol. The van der Waals surface area contributed by atoms with Crippen LogP contribution >= 0.6 is 23.4 Å². The fourth-order valence-corrected chi connectivity index (χ4v) is 4.64. The molecule has 0 radical (unpaired) electrons. The van der Waals surface area contributed by atoms with Gasteiger partial charge in [0.1, 0.15) is 11.3 Å². The zero-order valence-corrected chi connectivity index (χ0v) is 22.7. The van der Waals surface area contributed by atoms with Gasteiger partial charge >= 0.3 is 0 Å². The third-order valence-corrected chi connectivity index (χ3v) is 7.05. The van der Waals surface area contributed by atoms with Gasteiger partial charge in [-0.15, -0.1) is 0 Å². The van der Waals surface area contributed by atoms with E-state index in [1.54, 1.807) is 55.3 Å². The molecule has 1 aromatic heterocycles.